The van der Waals surface area contributed by atoms with Crippen LogP contribution in [-0.2, 0) is 11.3 Å². The van der Waals surface area contributed by atoms with Crippen molar-refractivity contribution in [1.29, 1.82) is 0 Å². The van der Waals surface area contributed by atoms with Crippen LogP contribution in [0, 0.1) is 6.92 Å². The van der Waals surface area contributed by atoms with Crippen molar-refractivity contribution in [2.45, 2.75) is 26.8 Å². The molecule has 0 atom stereocenters. The normalized spacial score (nSPS) is 10.1. The highest BCUT2D eigenvalue weighted by Gasteiger charge is 1.99. The Bertz CT molecular complexity index is 367. The summed E-state index contributed by atoms with van der Waals surface area (Å²) in [6.07, 6.45) is 0.839. The molecule has 0 unspecified atom stereocenters. The minimum absolute atomic E-state index is 0.131. The number of rotatable bonds is 7. The number of benzene rings is 1. The molecule has 0 saturated heterocycles. The number of hydrogen-bond acceptors (Lipinski definition) is 2. The Morgan fingerprint density at radius 1 is 1.33 bits per heavy atom. The third-order valence-electron chi connectivity index (χ3n) is 2.49. The number of urea groups is 1. The molecule has 1 aromatic rings. The zero-order chi connectivity index (χ0) is 13.2. The van der Waals surface area contributed by atoms with Crippen molar-refractivity contribution in [2.24, 2.45) is 0 Å². The molecule has 0 fully saturated rings. The Balaban J connectivity index is 2.13. The maximum Gasteiger partial charge on any atom is 0.315 e. The summed E-state index contributed by atoms with van der Waals surface area (Å²) in [5.41, 5.74) is 2.31. The smallest absolute Gasteiger partial charge is 0.315 e. The minimum Gasteiger partial charge on any atom is -0.382 e. The van der Waals surface area contributed by atoms with Crippen LogP contribution in [0.5, 0.6) is 0 Å². The number of aryl methyl sites for hydroxylation is 1. The lowest BCUT2D eigenvalue weighted by Crippen LogP contribution is -2.35. The Hall–Kier alpha value is -1.55. The van der Waals surface area contributed by atoms with Gasteiger partial charge in [0, 0.05) is 26.3 Å². The lowest BCUT2D eigenvalue weighted by Gasteiger charge is -2.08. The fourth-order valence-electron chi connectivity index (χ4n) is 1.59. The number of hydrogen-bond donors (Lipinski definition) is 2. The average Bonchev–Trinajstić information content (AvgIpc) is 2.36. The van der Waals surface area contributed by atoms with E-state index in [-0.39, 0.29) is 6.03 Å². The van der Waals surface area contributed by atoms with Gasteiger partial charge in [-0.3, -0.25) is 0 Å². The van der Waals surface area contributed by atoms with Gasteiger partial charge in [-0.1, -0.05) is 29.8 Å². The second-order valence-corrected chi connectivity index (χ2v) is 4.15. The van der Waals surface area contributed by atoms with E-state index in [1.807, 2.05) is 32.0 Å². The highest BCUT2D eigenvalue weighted by molar-refractivity contribution is 5.73. The fourth-order valence-corrected chi connectivity index (χ4v) is 1.59. The first kappa shape index (κ1) is 14.5. The molecule has 1 aromatic carbocycles. The van der Waals surface area contributed by atoms with Crippen molar-refractivity contribution in [1.82, 2.24) is 10.6 Å². The molecular weight excluding hydrogens is 228 g/mol. The van der Waals surface area contributed by atoms with Gasteiger partial charge in [-0.15, -0.1) is 0 Å². The first-order chi connectivity index (χ1) is 8.72. The van der Waals surface area contributed by atoms with Gasteiger partial charge >= 0.3 is 6.03 Å². The molecule has 0 spiro atoms. The van der Waals surface area contributed by atoms with Crippen LogP contribution in [0.15, 0.2) is 24.3 Å². The molecule has 18 heavy (non-hydrogen) atoms. The Labute approximate surface area is 109 Å². The van der Waals surface area contributed by atoms with Crippen LogP contribution in [0.4, 0.5) is 4.79 Å². The first-order valence-electron chi connectivity index (χ1n) is 6.37. The molecule has 1 rings (SSSR count). The van der Waals surface area contributed by atoms with E-state index >= 15 is 0 Å². The van der Waals surface area contributed by atoms with Gasteiger partial charge in [0.15, 0.2) is 0 Å². The van der Waals surface area contributed by atoms with Gasteiger partial charge in [0.25, 0.3) is 0 Å². The maximum atomic E-state index is 11.5. The molecule has 2 amide bonds. The van der Waals surface area contributed by atoms with Gasteiger partial charge in [-0.25, -0.2) is 4.79 Å². The molecule has 0 radical (unpaired) electrons. The van der Waals surface area contributed by atoms with Crippen molar-refractivity contribution < 1.29 is 9.53 Å². The highest BCUT2D eigenvalue weighted by atomic mass is 16.5. The van der Waals surface area contributed by atoms with Crippen LogP contribution in [-0.4, -0.2) is 25.8 Å². The molecule has 0 aliphatic carbocycles. The van der Waals surface area contributed by atoms with E-state index in [1.54, 1.807) is 0 Å². The quantitative estimate of drug-likeness (QED) is 0.729. The van der Waals surface area contributed by atoms with Crippen molar-refractivity contribution in [2.75, 3.05) is 19.8 Å². The summed E-state index contributed by atoms with van der Waals surface area (Å²) in [6.45, 7) is 6.60. The van der Waals surface area contributed by atoms with Crippen molar-refractivity contribution in [3.05, 3.63) is 35.4 Å². The first-order valence-corrected chi connectivity index (χ1v) is 6.37. The molecule has 0 bridgehead atoms. The van der Waals surface area contributed by atoms with Gasteiger partial charge in [0.2, 0.25) is 0 Å². The van der Waals surface area contributed by atoms with E-state index in [2.05, 4.69) is 16.7 Å². The SMILES string of the molecule is CCOCCCNC(=O)NCc1cccc(C)c1. The van der Waals surface area contributed by atoms with Gasteiger partial charge in [0.05, 0.1) is 0 Å². The average molecular weight is 250 g/mol. The Morgan fingerprint density at radius 2 is 2.17 bits per heavy atom. The molecular formula is C14H22N2O2. The Morgan fingerprint density at radius 3 is 2.89 bits per heavy atom. The predicted octanol–water partition coefficient (Wildman–Crippen LogP) is 2.22. The number of nitrogens with one attached hydrogen (secondary N) is 2. The van der Waals surface area contributed by atoms with Gasteiger partial charge in [0.1, 0.15) is 0 Å². The van der Waals surface area contributed by atoms with Crippen molar-refractivity contribution in [3.8, 4) is 0 Å². The molecule has 4 nitrogen and oxygen atoms in total. The number of carbonyl (C=O) groups is 1. The third-order valence-corrected chi connectivity index (χ3v) is 2.49. The van der Waals surface area contributed by atoms with E-state index < -0.39 is 0 Å². The van der Waals surface area contributed by atoms with Crippen LogP contribution >= 0.6 is 0 Å². The summed E-state index contributed by atoms with van der Waals surface area (Å²) >= 11 is 0. The Kier molecular flexibility index (Phi) is 6.87. The monoisotopic (exact) mass is 250 g/mol. The second kappa shape index (κ2) is 8.53. The van der Waals surface area contributed by atoms with Gasteiger partial charge in [-0.2, -0.15) is 0 Å². The molecule has 4 heteroatoms. The van der Waals surface area contributed by atoms with Crippen LogP contribution in [0.3, 0.4) is 0 Å². The molecule has 2 N–H and O–H groups in total. The summed E-state index contributed by atoms with van der Waals surface area (Å²) in [6, 6.07) is 7.97. The van der Waals surface area contributed by atoms with Crippen LogP contribution in [0.2, 0.25) is 0 Å². The molecule has 100 valence electrons. The van der Waals surface area contributed by atoms with Crippen LogP contribution in [0.25, 0.3) is 0 Å². The van der Waals surface area contributed by atoms with Crippen LogP contribution in [0.1, 0.15) is 24.5 Å². The lowest BCUT2D eigenvalue weighted by atomic mass is 10.1. The van der Waals surface area contributed by atoms with E-state index in [4.69, 9.17) is 4.74 Å². The topological polar surface area (TPSA) is 50.4 Å². The van der Waals surface area contributed by atoms with Gasteiger partial charge < -0.3 is 15.4 Å². The zero-order valence-electron chi connectivity index (χ0n) is 11.2. The second-order valence-electron chi connectivity index (χ2n) is 4.15. The van der Waals surface area contributed by atoms with E-state index in [0.717, 1.165) is 18.6 Å². The van der Waals surface area contributed by atoms with Crippen molar-refractivity contribution >= 4 is 6.03 Å². The summed E-state index contributed by atoms with van der Waals surface area (Å²) in [5, 5.41) is 5.62. The number of amides is 2. The molecule has 0 aliphatic heterocycles. The summed E-state index contributed by atoms with van der Waals surface area (Å²) < 4.78 is 5.19. The van der Waals surface area contributed by atoms with Gasteiger partial charge in [-0.05, 0) is 25.8 Å². The zero-order valence-corrected chi connectivity index (χ0v) is 11.2. The van der Waals surface area contributed by atoms with Crippen LogP contribution < -0.4 is 10.6 Å². The third kappa shape index (κ3) is 6.25. The lowest BCUT2D eigenvalue weighted by molar-refractivity contribution is 0.145. The summed E-state index contributed by atoms with van der Waals surface area (Å²) in [4.78, 5) is 11.5. The minimum atomic E-state index is -0.131. The van der Waals surface area contributed by atoms with E-state index in [1.165, 1.54) is 5.56 Å². The molecule has 0 aromatic heterocycles. The summed E-state index contributed by atoms with van der Waals surface area (Å²) in [5.74, 6) is 0. The van der Waals surface area contributed by atoms with E-state index in [9.17, 15) is 4.79 Å². The van der Waals surface area contributed by atoms with E-state index in [0.29, 0.717) is 19.7 Å². The molecule has 0 heterocycles. The predicted molar refractivity (Wildman–Crippen MR) is 72.5 cm³/mol. The number of ether oxygens (including phenoxy) is 1. The largest absolute Gasteiger partial charge is 0.382 e. The van der Waals surface area contributed by atoms with Crippen molar-refractivity contribution in [3.63, 3.8) is 0 Å². The number of carbonyl (C=O) groups excluding carboxylic acids is 1. The maximum absolute atomic E-state index is 11.5. The molecule has 0 aliphatic rings. The fraction of sp³-hybridized carbons (Fsp3) is 0.500. The highest BCUT2D eigenvalue weighted by Crippen LogP contribution is 2.02. The summed E-state index contributed by atoms with van der Waals surface area (Å²) in [7, 11) is 0. The standard InChI is InChI=1S/C14H22N2O2/c1-3-18-9-5-8-15-14(17)16-11-13-7-4-6-12(2)10-13/h4,6-7,10H,3,5,8-9,11H2,1-2H3,(H2,15,16,17). The molecule has 0 saturated carbocycles.